The summed E-state index contributed by atoms with van der Waals surface area (Å²) in [6.07, 6.45) is -0.553. The summed E-state index contributed by atoms with van der Waals surface area (Å²) in [5, 5.41) is 11.3. The molecule has 1 atom stereocenters. The molecule has 0 rings (SSSR count). The lowest BCUT2D eigenvalue weighted by molar-refractivity contribution is -0.150. The first-order valence-electron chi connectivity index (χ1n) is 3.22. The highest BCUT2D eigenvalue weighted by atomic mass is 16.6. The molecular weight excluding hydrogens is 134 g/mol. The summed E-state index contributed by atoms with van der Waals surface area (Å²) in [6, 6.07) is 0. The Labute approximate surface area is 60.2 Å². The Morgan fingerprint density at radius 1 is 1.80 bits per heavy atom. The van der Waals surface area contributed by atoms with Crippen LogP contribution in [-0.2, 0) is 9.53 Å². The van der Waals surface area contributed by atoms with Crippen LogP contribution in [0.2, 0.25) is 0 Å². The van der Waals surface area contributed by atoms with Crippen LogP contribution in [0.3, 0.4) is 0 Å². The third kappa shape index (κ3) is 4.29. The van der Waals surface area contributed by atoms with Gasteiger partial charge in [-0.25, -0.2) is 0 Å². The van der Waals surface area contributed by atoms with Crippen molar-refractivity contribution in [2.45, 2.75) is 20.1 Å². The van der Waals surface area contributed by atoms with Crippen LogP contribution in [0.1, 0.15) is 13.8 Å². The number of likely N-dealkylation sites (N-methyl/N-ethyl adjacent to an activating group) is 1. The van der Waals surface area contributed by atoms with Gasteiger partial charge in [-0.05, 0) is 6.54 Å². The Morgan fingerprint density at radius 2 is 2.40 bits per heavy atom. The van der Waals surface area contributed by atoms with Gasteiger partial charge in [-0.1, -0.05) is 6.92 Å². The van der Waals surface area contributed by atoms with Crippen molar-refractivity contribution in [3.63, 3.8) is 0 Å². The van der Waals surface area contributed by atoms with Crippen LogP contribution in [0.5, 0.6) is 0 Å². The van der Waals surface area contributed by atoms with E-state index in [1.54, 1.807) is 0 Å². The van der Waals surface area contributed by atoms with Crippen LogP contribution in [0, 0.1) is 0 Å². The molecule has 0 amide bonds. The van der Waals surface area contributed by atoms with Crippen LogP contribution in [0.4, 0.5) is 0 Å². The van der Waals surface area contributed by atoms with Crippen molar-refractivity contribution in [2.24, 2.45) is 0 Å². The van der Waals surface area contributed by atoms with Gasteiger partial charge < -0.3 is 9.84 Å². The second kappa shape index (κ2) is 5.20. The molecule has 0 saturated heterocycles. The molecule has 0 heterocycles. The van der Waals surface area contributed by atoms with Crippen molar-refractivity contribution in [2.75, 3.05) is 13.2 Å². The molecule has 0 radical (unpaired) electrons. The second-order valence-corrected chi connectivity index (χ2v) is 1.84. The zero-order valence-electron chi connectivity index (χ0n) is 6.26. The molecule has 0 aliphatic heterocycles. The predicted octanol–water partition coefficient (Wildman–Crippen LogP) is -0.523. The standard InChI is InChI=1S/C6H13NO3/c1-3-7-6(4-8)10-5(2)9/h6-8H,3-4H2,1-2H3. The number of aliphatic hydroxyl groups excluding tert-OH is 1. The Balaban J connectivity index is 3.49. The molecule has 0 saturated carbocycles. The minimum absolute atomic E-state index is 0.187. The van der Waals surface area contributed by atoms with Crippen LogP contribution in [0.25, 0.3) is 0 Å². The molecule has 0 aliphatic rings. The van der Waals surface area contributed by atoms with E-state index in [2.05, 4.69) is 10.1 Å². The van der Waals surface area contributed by atoms with Gasteiger partial charge in [0.2, 0.25) is 0 Å². The van der Waals surface area contributed by atoms with E-state index in [0.29, 0.717) is 6.54 Å². The van der Waals surface area contributed by atoms with E-state index in [1.165, 1.54) is 6.92 Å². The molecule has 10 heavy (non-hydrogen) atoms. The van der Waals surface area contributed by atoms with E-state index in [4.69, 9.17) is 5.11 Å². The van der Waals surface area contributed by atoms with Gasteiger partial charge in [-0.3, -0.25) is 10.1 Å². The van der Waals surface area contributed by atoms with Crippen molar-refractivity contribution in [1.29, 1.82) is 0 Å². The number of hydrogen-bond acceptors (Lipinski definition) is 4. The molecule has 0 aromatic carbocycles. The zero-order valence-corrected chi connectivity index (χ0v) is 6.26. The third-order valence-corrected chi connectivity index (χ3v) is 0.906. The van der Waals surface area contributed by atoms with Crippen LogP contribution in [-0.4, -0.2) is 30.5 Å². The monoisotopic (exact) mass is 147 g/mol. The number of nitrogens with one attached hydrogen (secondary N) is 1. The summed E-state index contributed by atoms with van der Waals surface area (Å²) in [6.45, 7) is 3.65. The summed E-state index contributed by atoms with van der Waals surface area (Å²) in [7, 11) is 0. The summed E-state index contributed by atoms with van der Waals surface area (Å²) in [4.78, 5) is 10.3. The Morgan fingerprint density at radius 3 is 2.70 bits per heavy atom. The average molecular weight is 147 g/mol. The van der Waals surface area contributed by atoms with Gasteiger partial charge in [0.1, 0.15) is 0 Å². The van der Waals surface area contributed by atoms with Gasteiger partial charge in [-0.2, -0.15) is 0 Å². The summed E-state index contributed by atoms with van der Waals surface area (Å²) in [5.74, 6) is -0.389. The van der Waals surface area contributed by atoms with Gasteiger partial charge in [0.15, 0.2) is 6.23 Å². The summed E-state index contributed by atoms with van der Waals surface area (Å²) < 4.78 is 4.64. The van der Waals surface area contributed by atoms with Gasteiger partial charge in [-0.15, -0.1) is 0 Å². The van der Waals surface area contributed by atoms with Crippen molar-refractivity contribution >= 4 is 5.97 Å². The predicted molar refractivity (Wildman–Crippen MR) is 36.3 cm³/mol. The highest BCUT2D eigenvalue weighted by Crippen LogP contribution is 1.85. The number of hydrogen-bond donors (Lipinski definition) is 2. The molecule has 0 aliphatic carbocycles. The van der Waals surface area contributed by atoms with Gasteiger partial charge in [0, 0.05) is 6.92 Å². The Kier molecular flexibility index (Phi) is 4.88. The second-order valence-electron chi connectivity index (χ2n) is 1.84. The van der Waals surface area contributed by atoms with Crippen molar-refractivity contribution in [1.82, 2.24) is 5.32 Å². The van der Waals surface area contributed by atoms with E-state index < -0.39 is 6.23 Å². The lowest BCUT2D eigenvalue weighted by atomic mass is 10.5. The van der Waals surface area contributed by atoms with E-state index in [9.17, 15) is 4.79 Å². The number of carbonyl (C=O) groups is 1. The maximum atomic E-state index is 10.3. The molecular formula is C6H13NO3. The Hall–Kier alpha value is -0.610. The molecule has 4 heteroatoms. The Bertz CT molecular complexity index is 105. The fraction of sp³-hybridized carbons (Fsp3) is 0.833. The summed E-state index contributed by atoms with van der Waals surface area (Å²) >= 11 is 0. The number of esters is 1. The number of ether oxygens (including phenoxy) is 1. The fourth-order valence-corrected chi connectivity index (χ4v) is 0.571. The average Bonchev–Trinajstić information content (AvgIpc) is 1.86. The molecule has 1 unspecified atom stereocenters. The van der Waals surface area contributed by atoms with Crippen LogP contribution in [0.15, 0.2) is 0 Å². The highest BCUT2D eigenvalue weighted by Gasteiger charge is 2.06. The molecule has 0 aromatic heterocycles. The molecule has 0 aromatic rings. The fourth-order valence-electron chi connectivity index (χ4n) is 0.571. The van der Waals surface area contributed by atoms with Crippen molar-refractivity contribution in [3.8, 4) is 0 Å². The first kappa shape index (κ1) is 9.39. The minimum atomic E-state index is -0.553. The van der Waals surface area contributed by atoms with E-state index in [1.807, 2.05) is 6.92 Å². The largest absolute Gasteiger partial charge is 0.444 e. The smallest absolute Gasteiger partial charge is 0.304 e. The van der Waals surface area contributed by atoms with Gasteiger partial charge in [0.05, 0.1) is 6.61 Å². The summed E-state index contributed by atoms with van der Waals surface area (Å²) in [5.41, 5.74) is 0. The third-order valence-electron chi connectivity index (χ3n) is 0.906. The molecule has 60 valence electrons. The first-order chi connectivity index (χ1) is 4.70. The van der Waals surface area contributed by atoms with Crippen molar-refractivity contribution < 1.29 is 14.6 Å². The SMILES string of the molecule is CCNC(CO)OC(C)=O. The molecule has 0 bridgehead atoms. The van der Waals surface area contributed by atoms with E-state index in [0.717, 1.165) is 0 Å². The van der Waals surface area contributed by atoms with E-state index >= 15 is 0 Å². The van der Waals surface area contributed by atoms with Gasteiger partial charge >= 0.3 is 5.97 Å². The van der Waals surface area contributed by atoms with Crippen molar-refractivity contribution in [3.05, 3.63) is 0 Å². The lowest BCUT2D eigenvalue weighted by Crippen LogP contribution is -2.36. The van der Waals surface area contributed by atoms with Gasteiger partial charge in [0.25, 0.3) is 0 Å². The van der Waals surface area contributed by atoms with Crippen LogP contribution < -0.4 is 5.32 Å². The number of aliphatic hydroxyl groups is 1. The van der Waals surface area contributed by atoms with Crippen LogP contribution >= 0.6 is 0 Å². The lowest BCUT2D eigenvalue weighted by Gasteiger charge is -2.13. The molecule has 0 spiro atoms. The molecule has 2 N–H and O–H groups in total. The minimum Gasteiger partial charge on any atom is -0.444 e. The normalized spacial score (nSPS) is 12.7. The molecule has 0 fully saturated rings. The zero-order chi connectivity index (χ0) is 7.98. The van der Waals surface area contributed by atoms with E-state index in [-0.39, 0.29) is 12.6 Å². The number of rotatable bonds is 4. The maximum absolute atomic E-state index is 10.3. The molecule has 4 nitrogen and oxygen atoms in total. The first-order valence-corrected chi connectivity index (χ1v) is 3.22. The maximum Gasteiger partial charge on any atom is 0.304 e. The highest BCUT2D eigenvalue weighted by molar-refractivity contribution is 5.66. The number of carbonyl (C=O) groups excluding carboxylic acids is 1. The quantitative estimate of drug-likeness (QED) is 0.415. The topological polar surface area (TPSA) is 58.6 Å².